The Hall–Kier alpha value is -1.20. The number of benzene rings is 1. The molecule has 1 atom stereocenters. The normalized spacial score (nSPS) is 20.4. The Labute approximate surface area is 117 Å². The molecule has 19 heavy (non-hydrogen) atoms. The van der Waals surface area contributed by atoms with Gasteiger partial charge in [0.15, 0.2) is 5.78 Å². The minimum Gasteiger partial charge on any atom is -0.508 e. The lowest BCUT2D eigenvalue weighted by atomic mass is 10.1. The summed E-state index contributed by atoms with van der Waals surface area (Å²) >= 11 is 1.96. The van der Waals surface area contributed by atoms with Crippen LogP contribution in [0.2, 0.25) is 0 Å². The van der Waals surface area contributed by atoms with E-state index in [1.54, 1.807) is 0 Å². The summed E-state index contributed by atoms with van der Waals surface area (Å²) in [5.41, 5.74) is 0.282. The molecule has 1 saturated heterocycles. The van der Waals surface area contributed by atoms with Gasteiger partial charge in [-0.15, -0.1) is 0 Å². The van der Waals surface area contributed by atoms with Crippen LogP contribution in [0.5, 0.6) is 11.5 Å². The Morgan fingerprint density at radius 1 is 1.47 bits per heavy atom. The fourth-order valence-electron chi connectivity index (χ4n) is 2.22. The van der Waals surface area contributed by atoms with E-state index in [4.69, 9.17) is 0 Å². The summed E-state index contributed by atoms with van der Waals surface area (Å²) in [5.74, 6) is 0.769. The van der Waals surface area contributed by atoms with Crippen LogP contribution in [0.4, 0.5) is 0 Å². The fraction of sp³-hybridized carbons (Fsp3) is 0.500. The minimum absolute atomic E-state index is 0.0329. The maximum atomic E-state index is 12.1. The summed E-state index contributed by atoms with van der Waals surface area (Å²) in [5, 5.41) is 19.5. The van der Waals surface area contributed by atoms with Gasteiger partial charge in [0, 0.05) is 30.2 Å². The van der Waals surface area contributed by atoms with Gasteiger partial charge in [0.1, 0.15) is 11.5 Å². The summed E-state index contributed by atoms with van der Waals surface area (Å²) in [4.78, 5) is 14.3. The molecule has 104 valence electrons. The molecular weight excluding hydrogens is 262 g/mol. The van der Waals surface area contributed by atoms with Crippen LogP contribution in [-0.2, 0) is 0 Å². The average molecular weight is 281 g/mol. The summed E-state index contributed by atoms with van der Waals surface area (Å²) in [6.07, 6.45) is 1.11. The number of ketones is 1. The van der Waals surface area contributed by atoms with Gasteiger partial charge >= 0.3 is 0 Å². The van der Waals surface area contributed by atoms with Gasteiger partial charge in [-0.3, -0.25) is 9.69 Å². The van der Waals surface area contributed by atoms with Crippen molar-refractivity contribution in [1.29, 1.82) is 0 Å². The molecule has 2 N–H and O–H groups in total. The van der Waals surface area contributed by atoms with Crippen molar-refractivity contribution in [3.63, 3.8) is 0 Å². The van der Waals surface area contributed by atoms with Crippen LogP contribution >= 0.6 is 11.8 Å². The number of thioether (sulfide) groups is 1. The molecular formula is C14H19NO3S. The van der Waals surface area contributed by atoms with Crippen molar-refractivity contribution in [2.45, 2.75) is 18.6 Å². The molecule has 0 aliphatic carbocycles. The topological polar surface area (TPSA) is 60.8 Å². The number of rotatable bonds is 4. The summed E-state index contributed by atoms with van der Waals surface area (Å²) < 4.78 is 0. The Balaban J connectivity index is 2.00. The van der Waals surface area contributed by atoms with Gasteiger partial charge < -0.3 is 10.2 Å². The number of phenolic OH excluding ortho intramolecular Hbond substituents is 2. The summed E-state index contributed by atoms with van der Waals surface area (Å²) in [7, 11) is 0. The van der Waals surface area contributed by atoms with Crippen molar-refractivity contribution >= 4 is 17.5 Å². The molecule has 0 radical (unpaired) electrons. The second kappa shape index (κ2) is 6.30. The zero-order chi connectivity index (χ0) is 13.8. The van der Waals surface area contributed by atoms with Crippen LogP contribution in [0.3, 0.4) is 0 Å². The number of nitrogens with zero attached hydrogens (tertiary/aromatic N) is 1. The molecule has 1 aliphatic rings. The first-order valence-electron chi connectivity index (χ1n) is 6.49. The molecule has 1 aliphatic heterocycles. The smallest absolute Gasteiger partial charge is 0.180 e. The standard InChI is InChI=1S/C14H19NO3S/c1-2-11-8-15(5-6-19-11)9-14(18)12-4-3-10(16)7-13(12)17/h3-4,7,11,16-17H,2,5-6,8-9H2,1H3. The number of phenols is 2. The predicted octanol–water partition coefficient (Wildman–Crippen LogP) is 2.11. The van der Waals surface area contributed by atoms with Crippen LogP contribution in [0.25, 0.3) is 0 Å². The number of aromatic hydroxyl groups is 2. The molecule has 4 nitrogen and oxygen atoms in total. The first-order chi connectivity index (χ1) is 9.10. The lowest BCUT2D eigenvalue weighted by Crippen LogP contribution is -2.40. The first kappa shape index (κ1) is 14.2. The molecule has 0 saturated carbocycles. The maximum Gasteiger partial charge on any atom is 0.180 e. The Morgan fingerprint density at radius 3 is 2.95 bits per heavy atom. The molecule has 0 spiro atoms. The second-order valence-corrected chi connectivity index (χ2v) is 6.17. The lowest BCUT2D eigenvalue weighted by molar-refractivity contribution is 0.0930. The number of carbonyl (C=O) groups excluding carboxylic acids is 1. The Bertz CT molecular complexity index is 464. The fourth-order valence-corrected chi connectivity index (χ4v) is 3.46. The Morgan fingerprint density at radius 2 is 2.26 bits per heavy atom. The van der Waals surface area contributed by atoms with E-state index >= 15 is 0 Å². The quantitative estimate of drug-likeness (QED) is 0.828. The van der Waals surface area contributed by atoms with E-state index in [-0.39, 0.29) is 22.8 Å². The molecule has 0 aromatic heterocycles. The number of hydrogen-bond acceptors (Lipinski definition) is 5. The number of hydrogen-bond donors (Lipinski definition) is 2. The van der Waals surface area contributed by atoms with Crippen molar-refractivity contribution in [3.8, 4) is 11.5 Å². The number of Topliss-reactive ketones (excluding diaryl/α,β-unsaturated/α-hetero) is 1. The van der Waals surface area contributed by atoms with E-state index in [0.717, 1.165) is 25.3 Å². The van der Waals surface area contributed by atoms with Crippen LogP contribution < -0.4 is 0 Å². The van der Waals surface area contributed by atoms with Gasteiger partial charge in [0.05, 0.1) is 12.1 Å². The molecule has 2 rings (SSSR count). The first-order valence-corrected chi connectivity index (χ1v) is 7.54. The average Bonchev–Trinajstić information content (AvgIpc) is 2.38. The van der Waals surface area contributed by atoms with Gasteiger partial charge in [0.2, 0.25) is 0 Å². The Kier molecular flexibility index (Phi) is 4.71. The van der Waals surface area contributed by atoms with E-state index in [9.17, 15) is 15.0 Å². The zero-order valence-corrected chi connectivity index (χ0v) is 11.8. The minimum atomic E-state index is -0.150. The van der Waals surface area contributed by atoms with E-state index in [2.05, 4.69) is 11.8 Å². The van der Waals surface area contributed by atoms with Crippen LogP contribution in [0, 0.1) is 0 Å². The van der Waals surface area contributed by atoms with Gasteiger partial charge in [-0.2, -0.15) is 11.8 Å². The number of carbonyl (C=O) groups is 1. The highest BCUT2D eigenvalue weighted by Gasteiger charge is 2.22. The predicted molar refractivity (Wildman–Crippen MR) is 77.1 cm³/mol. The van der Waals surface area contributed by atoms with Crippen LogP contribution in [-0.4, -0.2) is 51.5 Å². The van der Waals surface area contributed by atoms with Crippen molar-refractivity contribution in [2.24, 2.45) is 0 Å². The van der Waals surface area contributed by atoms with Gasteiger partial charge in [-0.1, -0.05) is 6.92 Å². The van der Waals surface area contributed by atoms with Crippen LogP contribution in [0.15, 0.2) is 18.2 Å². The second-order valence-electron chi connectivity index (χ2n) is 4.76. The third-order valence-corrected chi connectivity index (χ3v) is 4.70. The maximum absolute atomic E-state index is 12.1. The highest BCUT2D eigenvalue weighted by molar-refractivity contribution is 8.00. The third kappa shape index (κ3) is 3.64. The molecule has 0 bridgehead atoms. The van der Waals surface area contributed by atoms with Crippen molar-refractivity contribution in [3.05, 3.63) is 23.8 Å². The SMILES string of the molecule is CCC1CN(CC(=O)c2ccc(O)cc2O)CCS1. The van der Waals surface area contributed by atoms with E-state index in [0.29, 0.717) is 11.8 Å². The van der Waals surface area contributed by atoms with Crippen molar-refractivity contribution in [1.82, 2.24) is 4.90 Å². The molecule has 0 amide bonds. The molecule has 1 heterocycles. The lowest BCUT2D eigenvalue weighted by Gasteiger charge is -2.31. The van der Waals surface area contributed by atoms with Crippen LogP contribution in [0.1, 0.15) is 23.7 Å². The van der Waals surface area contributed by atoms with E-state index < -0.39 is 0 Å². The molecule has 1 aromatic carbocycles. The molecule has 1 aromatic rings. The molecule has 1 unspecified atom stereocenters. The van der Waals surface area contributed by atoms with E-state index in [1.807, 2.05) is 11.8 Å². The third-order valence-electron chi connectivity index (χ3n) is 3.33. The monoisotopic (exact) mass is 281 g/mol. The van der Waals surface area contributed by atoms with E-state index in [1.165, 1.54) is 18.2 Å². The largest absolute Gasteiger partial charge is 0.508 e. The zero-order valence-electron chi connectivity index (χ0n) is 11.0. The van der Waals surface area contributed by atoms with Crippen molar-refractivity contribution < 1.29 is 15.0 Å². The van der Waals surface area contributed by atoms with Gasteiger partial charge in [-0.25, -0.2) is 0 Å². The highest BCUT2D eigenvalue weighted by Crippen LogP contribution is 2.25. The summed E-state index contributed by atoms with van der Waals surface area (Å²) in [6.45, 7) is 4.32. The highest BCUT2D eigenvalue weighted by atomic mass is 32.2. The molecule has 1 fully saturated rings. The van der Waals surface area contributed by atoms with Gasteiger partial charge in [-0.05, 0) is 18.6 Å². The summed E-state index contributed by atoms with van der Waals surface area (Å²) in [6, 6.07) is 4.10. The molecule has 5 heteroatoms. The van der Waals surface area contributed by atoms with Crippen molar-refractivity contribution in [2.75, 3.05) is 25.4 Å². The van der Waals surface area contributed by atoms with Gasteiger partial charge in [0.25, 0.3) is 0 Å².